The van der Waals surface area contributed by atoms with Gasteiger partial charge in [0.2, 0.25) is 0 Å². The number of hydrogen-bond donors (Lipinski definition) is 3. The van der Waals surface area contributed by atoms with E-state index in [9.17, 15) is 18.3 Å². The van der Waals surface area contributed by atoms with Crippen LogP contribution in [0, 0.1) is 0 Å². The lowest BCUT2D eigenvalue weighted by atomic mass is 10.1. The molecule has 0 unspecified atom stereocenters. The largest absolute Gasteiger partial charge is 0.506 e. The number of ether oxygens (including phenoxy) is 1. The van der Waals surface area contributed by atoms with Crippen LogP contribution < -0.4 is 5.73 Å². The number of carbonyl (C=O) groups excluding carboxylic acids is 1. The van der Waals surface area contributed by atoms with Crippen molar-refractivity contribution >= 4 is 27.7 Å². The molecule has 0 heterocycles. The van der Waals surface area contributed by atoms with Gasteiger partial charge in [-0.05, 0) is 17.7 Å². The Morgan fingerprint density at radius 3 is 2.48 bits per heavy atom. The molecule has 0 saturated carbocycles. The lowest BCUT2D eigenvalue weighted by molar-refractivity contribution is -0.143. The average molecular weight is 386 g/mol. The Balaban J connectivity index is 2.07. The molecule has 0 radical (unpaired) electrons. The monoisotopic (exact) mass is 385 g/mol. The zero-order valence-electron chi connectivity index (χ0n) is 12.9. The van der Waals surface area contributed by atoms with Crippen LogP contribution in [0.15, 0.2) is 47.4 Å². The fourth-order valence-corrected chi connectivity index (χ4v) is 3.10. The molecule has 0 aliphatic rings. The molecule has 25 heavy (non-hydrogen) atoms. The van der Waals surface area contributed by atoms with Crippen LogP contribution >= 0.6 is 11.6 Å². The van der Waals surface area contributed by atoms with E-state index >= 15 is 0 Å². The molecular formula is C16H16ClNO6S. The second-order valence-electron chi connectivity index (χ2n) is 5.26. The van der Waals surface area contributed by atoms with E-state index in [1.807, 2.05) is 6.07 Å². The van der Waals surface area contributed by atoms with Crippen molar-refractivity contribution in [3.05, 3.63) is 58.6 Å². The summed E-state index contributed by atoms with van der Waals surface area (Å²) in [5, 5.41) is 9.86. The molecule has 0 aliphatic heterocycles. The summed E-state index contributed by atoms with van der Waals surface area (Å²) < 4.78 is 36.6. The van der Waals surface area contributed by atoms with E-state index in [0.717, 1.165) is 11.6 Å². The van der Waals surface area contributed by atoms with Crippen molar-refractivity contribution < 1.29 is 27.6 Å². The maximum absolute atomic E-state index is 11.9. The van der Waals surface area contributed by atoms with Gasteiger partial charge < -0.3 is 15.6 Å². The van der Waals surface area contributed by atoms with Crippen molar-refractivity contribution in [2.75, 3.05) is 6.61 Å². The lowest BCUT2D eigenvalue weighted by Gasteiger charge is -2.13. The van der Waals surface area contributed by atoms with Gasteiger partial charge in [0.15, 0.2) is 0 Å². The Hall–Kier alpha value is -2.13. The summed E-state index contributed by atoms with van der Waals surface area (Å²) in [6.45, 7) is -0.0880. The standard InChI is InChI=1S/C16H16ClNO6S/c17-12-6-11(16(20)14(8-12)25(21,22)23)7-15(19)24-9-13(18)10-4-2-1-3-5-10/h1-6,8,13,20H,7,9,18H2,(H,21,22,23)/t13-/m1/s1. The first-order valence-electron chi connectivity index (χ1n) is 7.13. The highest BCUT2D eigenvalue weighted by molar-refractivity contribution is 7.86. The van der Waals surface area contributed by atoms with E-state index in [1.165, 1.54) is 6.07 Å². The van der Waals surface area contributed by atoms with Crippen LogP contribution in [0.4, 0.5) is 0 Å². The summed E-state index contributed by atoms with van der Waals surface area (Å²) in [5.74, 6) is -1.48. The van der Waals surface area contributed by atoms with Gasteiger partial charge in [-0.2, -0.15) is 8.42 Å². The number of nitrogens with two attached hydrogens (primary N) is 1. The molecule has 7 nitrogen and oxygen atoms in total. The number of rotatable bonds is 6. The van der Waals surface area contributed by atoms with Crippen molar-refractivity contribution in [1.82, 2.24) is 0 Å². The summed E-state index contributed by atoms with van der Waals surface area (Å²) in [5.41, 5.74) is 6.61. The normalized spacial score (nSPS) is 12.6. The van der Waals surface area contributed by atoms with E-state index in [1.54, 1.807) is 24.3 Å². The summed E-state index contributed by atoms with van der Waals surface area (Å²) >= 11 is 5.76. The zero-order valence-corrected chi connectivity index (χ0v) is 14.5. The third-order valence-corrected chi connectivity index (χ3v) is 4.47. The van der Waals surface area contributed by atoms with Crippen LogP contribution in [0.25, 0.3) is 0 Å². The van der Waals surface area contributed by atoms with Gasteiger partial charge in [0.05, 0.1) is 12.5 Å². The number of benzene rings is 2. The SMILES string of the molecule is N[C@H](COC(=O)Cc1cc(Cl)cc(S(=O)(=O)O)c1O)c1ccccc1. The Morgan fingerprint density at radius 1 is 1.24 bits per heavy atom. The summed E-state index contributed by atoms with van der Waals surface area (Å²) in [4.78, 5) is 11.2. The molecule has 2 aromatic carbocycles. The summed E-state index contributed by atoms with van der Waals surface area (Å²) in [7, 11) is -4.68. The molecule has 134 valence electrons. The number of phenolic OH excluding ortho intramolecular Hbond substituents is 1. The van der Waals surface area contributed by atoms with Crippen molar-refractivity contribution in [2.45, 2.75) is 17.4 Å². The van der Waals surface area contributed by atoms with Crippen LogP contribution in [0.3, 0.4) is 0 Å². The minimum absolute atomic E-state index is 0.0609. The predicted molar refractivity (Wildman–Crippen MR) is 91.0 cm³/mol. The molecular weight excluding hydrogens is 370 g/mol. The number of halogens is 1. The molecule has 0 aromatic heterocycles. The summed E-state index contributed by atoms with van der Waals surface area (Å²) in [6.07, 6.45) is -0.434. The predicted octanol–water partition coefficient (Wildman–Crippen LogP) is 2.08. The minimum Gasteiger partial charge on any atom is -0.506 e. The van der Waals surface area contributed by atoms with Crippen molar-refractivity contribution in [1.29, 1.82) is 0 Å². The fourth-order valence-electron chi connectivity index (χ4n) is 2.15. The minimum atomic E-state index is -4.68. The molecule has 2 aromatic rings. The third kappa shape index (κ3) is 5.17. The maximum atomic E-state index is 11.9. The Kier molecular flexibility index (Phi) is 6.02. The van der Waals surface area contributed by atoms with E-state index < -0.39 is 39.2 Å². The van der Waals surface area contributed by atoms with E-state index in [0.29, 0.717) is 0 Å². The number of aromatic hydroxyl groups is 1. The topological polar surface area (TPSA) is 127 Å². The Labute approximate surface area is 149 Å². The molecule has 1 atom stereocenters. The first kappa shape index (κ1) is 19.2. The maximum Gasteiger partial charge on any atom is 0.310 e. The second kappa shape index (κ2) is 7.83. The average Bonchev–Trinajstić information content (AvgIpc) is 2.55. The highest BCUT2D eigenvalue weighted by atomic mass is 35.5. The number of esters is 1. The van der Waals surface area contributed by atoms with Gasteiger partial charge in [-0.25, -0.2) is 0 Å². The molecule has 0 aliphatic carbocycles. The number of carbonyl (C=O) groups is 1. The molecule has 0 saturated heterocycles. The van der Waals surface area contributed by atoms with Gasteiger partial charge in [-0.3, -0.25) is 9.35 Å². The molecule has 4 N–H and O–H groups in total. The Bertz CT molecular complexity index is 870. The molecule has 9 heteroatoms. The smallest absolute Gasteiger partial charge is 0.310 e. The van der Waals surface area contributed by atoms with E-state index in [2.05, 4.69) is 0 Å². The first-order chi connectivity index (χ1) is 11.7. The fraction of sp³-hybridized carbons (Fsp3) is 0.188. The molecule has 2 rings (SSSR count). The number of phenols is 1. The van der Waals surface area contributed by atoms with E-state index in [4.69, 9.17) is 26.6 Å². The van der Waals surface area contributed by atoms with Gasteiger partial charge in [0.1, 0.15) is 17.3 Å². The van der Waals surface area contributed by atoms with Crippen molar-refractivity contribution in [3.63, 3.8) is 0 Å². The van der Waals surface area contributed by atoms with Gasteiger partial charge in [-0.15, -0.1) is 0 Å². The highest BCUT2D eigenvalue weighted by Gasteiger charge is 2.21. The quantitative estimate of drug-likeness (QED) is 0.513. The van der Waals surface area contributed by atoms with Gasteiger partial charge in [0, 0.05) is 10.6 Å². The first-order valence-corrected chi connectivity index (χ1v) is 8.95. The van der Waals surface area contributed by atoms with Crippen LogP contribution in [0.1, 0.15) is 17.2 Å². The van der Waals surface area contributed by atoms with Gasteiger partial charge in [-0.1, -0.05) is 41.9 Å². The Morgan fingerprint density at radius 2 is 1.88 bits per heavy atom. The van der Waals surface area contributed by atoms with Gasteiger partial charge in [0.25, 0.3) is 10.1 Å². The third-order valence-electron chi connectivity index (χ3n) is 3.38. The molecule has 0 fully saturated rings. The molecule has 0 bridgehead atoms. The van der Waals surface area contributed by atoms with Crippen LogP contribution in [0.5, 0.6) is 5.75 Å². The number of hydrogen-bond acceptors (Lipinski definition) is 6. The van der Waals surface area contributed by atoms with Crippen LogP contribution in [-0.4, -0.2) is 30.7 Å². The highest BCUT2D eigenvalue weighted by Crippen LogP contribution is 2.31. The summed E-state index contributed by atoms with van der Waals surface area (Å²) in [6, 6.07) is 10.6. The van der Waals surface area contributed by atoms with Crippen LogP contribution in [-0.2, 0) is 26.1 Å². The van der Waals surface area contributed by atoms with Crippen LogP contribution in [0.2, 0.25) is 5.02 Å². The molecule has 0 spiro atoms. The second-order valence-corrected chi connectivity index (χ2v) is 7.09. The van der Waals surface area contributed by atoms with Crippen molar-refractivity contribution in [2.24, 2.45) is 5.73 Å². The van der Waals surface area contributed by atoms with E-state index in [-0.39, 0.29) is 17.2 Å². The zero-order chi connectivity index (χ0) is 18.6. The van der Waals surface area contributed by atoms with Crippen molar-refractivity contribution in [3.8, 4) is 5.75 Å². The lowest BCUT2D eigenvalue weighted by Crippen LogP contribution is -2.20. The molecule has 0 amide bonds. The van der Waals surface area contributed by atoms with Gasteiger partial charge >= 0.3 is 5.97 Å².